The van der Waals surface area contributed by atoms with Gasteiger partial charge in [0.1, 0.15) is 16.9 Å². The van der Waals surface area contributed by atoms with E-state index in [1.165, 1.54) is 11.4 Å². The van der Waals surface area contributed by atoms with Crippen LogP contribution in [0.15, 0.2) is 46.2 Å². The van der Waals surface area contributed by atoms with Gasteiger partial charge >= 0.3 is 11.9 Å². The van der Waals surface area contributed by atoms with Crippen molar-refractivity contribution in [3.63, 3.8) is 0 Å². The number of fused-ring (bicyclic) bond motifs is 1. The van der Waals surface area contributed by atoms with Crippen molar-refractivity contribution in [2.75, 3.05) is 5.32 Å². The molecule has 0 bridgehead atoms. The first-order valence-corrected chi connectivity index (χ1v) is 9.58. The Kier molecular flexibility index (Phi) is 4.81. The average Bonchev–Trinajstić information content (AvgIpc) is 3.28. The van der Waals surface area contributed by atoms with Crippen LogP contribution in [-0.2, 0) is 0 Å². The zero-order valence-corrected chi connectivity index (χ0v) is 16.4. The molecular formula is C20H12ClFN2O4S. The normalized spacial score (nSPS) is 11.0. The summed E-state index contributed by atoms with van der Waals surface area (Å²) in [5, 5.41) is 13.8. The lowest BCUT2D eigenvalue weighted by Crippen LogP contribution is -2.14. The van der Waals surface area contributed by atoms with Gasteiger partial charge in [0.25, 0.3) is 5.89 Å². The van der Waals surface area contributed by atoms with E-state index in [2.05, 4.69) is 10.3 Å². The van der Waals surface area contributed by atoms with Crippen LogP contribution < -0.4 is 5.32 Å². The molecule has 2 aromatic heterocycles. The first-order chi connectivity index (χ1) is 13.8. The van der Waals surface area contributed by atoms with Gasteiger partial charge < -0.3 is 14.8 Å². The van der Waals surface area contributed by atoms with Crippen LogP contribution in [0.3, 0.4) is 0 Å². The zero-order valence-electron chi connectivity index (χ0n) is 14.8. The van der Waals surface area contributed by atoms with Crippen LogP contribution in [0.2, 0.25) is 5.02 Å². The lowest BCUT2D eigenvalue weighted by molar-refractivity contribution is 0.0699. The summed E-state index contributed by atoms with van der Waals surface area (Å²) in [5.41, 5.74) is 1.43. The van der Waals surface area contributed by atoms with Crippen LogP contribution in [-0.4, -0.2) is 22.0 Å². The number of nitrogens with one attached hydrogen (secondary N) is 1. The fourth-order valence-corrected chi connectivity index (χ4v) is 4.00. The standard InChI is InChI=1S/C20H12ClFN2O4S/c1-9-6-10(12(22)7-11(9)21)17-16(20(26)27)14(8-29-17)23-18(25)19-24-13-4-2-3-5-15(13)28-19/h2-8H,1H3,(H,23,25)(H,26,27). The van der Waals surface area contributed by atoms with E-state index in [0.717, 1.165) is 17.4 Å². The molecule has 9 heteroatoms. The second kappa shape index (κ2) is 7.31. The summed E-state index contributed by atoms with van der Waals surface area (Å²) in [6, 6.07) is 9.45. The first-order valence-electron chi connectivity index (χ1n) is 8.33. The van der Waals surface area contributed by atoms with E-state index in [-0.39, 0.29) is 32.6 Å². The number of carbonyl (C=O) groups is 2. The van der Waals surface area contributed by atoms with E-state index >= 15 is 0 Å². The first kappa shape index (κ1) is 19.1. The number of thiophene rings is 1. The summed E-state index contributed by atoms with van der Waals surface area (Å²) >= 11 is 6.92. The summed E-state index contributed by atoms with van der Waals surface area (Å²) < 4.78 is 19.8. The van der Waals surface area contributed by atoms with E-state index < -0.39 is 17.7 Å². The third kappa shape index (κ3) is 3.48. The molecule has 4 rings (SSSR count). The van der Waals surface area contributed by atoms with Crippen molar-refractivity contribution < 1.29 is 23.5 Å². The lowest BCUT2D eigenvalue weighted by atomic mass is 10.1. The predicted molar refractivity (Wildman–Crippen MR) is 108 cm³/mol. The minimum absolute atomic E-state index is 0.0248. The molecule has 0 spiro atoms. The van der Waals surface area contributed by atoms with Crippen molar-refractivity contribution in [3.05, 3.63) is 69.6 Å². The summed E-state index contributed by atoms with van der Waals surface area (Å²) in [7, 11) is 0. The van der Waals surface area contributed by atoms with Gasteiger partial charge in [-0.25, -0.2) is 14.2 Å². The van der Waals surface area contributed by atoms with Crippen LogP contribution in [0.1, 0.15) is 26.6 Å². The maximum atomic E-state index is 14.4. The zero-order chi connectivity index (χ0) is 20.7. The van der Waals surface area contributed by atoms with Crippen molar-refractivity contribution in [1.29, 1.82) is 0 Å². The number of amides is 1. The summed E-state index contributed by atoms with van der Waals surface area (Å²) in [4.78, 5) is 28.6. The number of carboxylic acid groups (broad SMARTS) is 1. The van der Waals surface area contributed by atoms with Gasteiger partial charge in [-0.05, 0) is 36.8 Å². The monoisotopic (exact) mass is 430 g/mol. The van der Waals surface area contributed by atoms with Gasteiger partial charge in [-0.15, -0.1) is 11.3 Å². The van der Waals surface area contributed by atoms with E-state index in [1.54, 1.807) is 31.2 Å². The van der Waals surface area contributed by atoms with Crippen LogP contribution in [0.5, 0.6) is 0 Å². The molecular weight excluding hydrogens is 419 g/mol. The molecule has 0 aliphatic heterocycles. The van der Waals surface area contributed by atoms with Crippen LogP contribution in [0, 0.1) is 12.7 Å². The highest BCUT2D eigenvalue weighted by Gasteiger charge is 2.25. The number of nitrogens with zero attached hydrogens (tertiary/aromatic N) is 1. The van der Waals surface area contributed by atoms with E-state index in [1.807, 2.05) is 0 Å². The Bertz CT molecular complexity index is 1250. The number of aromatic nitrogens is 1. The summed E-state index contributed by atoms with van der Waals surface area (Å²) in [6.45, 7) is 1.69. The molecule has 29 heavy (non-hydrogen) atoms. The Morgan fingerprint density at radius 2 is 2.03 bits per heavy atom. The van der Waals surface area contributed by atoms with Gasteiger partial charge in [-0.1, -0.05) is 23.7 Å². The number of oxazole rings is 1. The van der Waals surface area contributed by atoms with Gasteiger partial charge in [0, 0.05) is 16.0 Å². The predicted octanol–water partition coefficient (Wildman–Crippen LogP) is 5.61. The van der Waals surface area contributed by atoms with E-state index in [4.69, 9.17) is 16.0 Å². The second-order valence-corrected chi connectivity index (χ2v) is 7.47. The Morgan fingerprint density at radius 3 is 2.76 bits per heavy atom. The number of rotatable bonds is 4. The highest BCUT2D eigenvalue weighted by atomic mass is 35.5. The molecule has 6 nitrogen and oxygen atoms in total. The van der Waals surface area contributed by atoms with Crippen molar-refractivity contribution in [1.82, 2.24) is 4.98 Å². The summed E-state index contributed by atoms with van der Waals surface area (Å²) in [6.07, 6.45) is 0. The largest absolute Gasteiger partial charge is 0.478 e. The number of para-hydroxylation sites is 2. The SMILES string of the molecule is Cc1cc(-c2scc(NC(=O)c3nc4ccccc4o3)c2C(=O)O)c(F)cc1Cl. The van der Waals surface area contributed by atoms with Gasteiger partial charge in [0.15, 0.2) is 5.58 Å². The van der Waals surface area contributed by atoms with Crippen molar-refractivity contribution >= 4 is 51.6 Å². The van der Waals surface area contributed by atoms with Crippen LogP contribution >= 0.6 is 22.9 Å². The Hall–Kier alpha value is -3.23. The van der Waals surface area contributed by atoms with Crippen LogP contribution in [0.4, 0.5) is 10.1 Å². The number of halogens is 2. The molecule has 146 valence electrons. The van der Waals surface area contributed by atoms with E-state index in [9.17, 15) is 19.1 Å². The quantitative estimate of drug-likeness (QED) is 0.439. The maximum Gasteiger partial charge on any atom is 0.339 e. The minimum atomic E-state index is -1.30. The number of aromatic carboxylic acids is 1. The molecule has 0 aliphatic carbocycles. The van der Waals surface area contributed by atoms with Crippen molar-refractivity contribution in [2.45, 2.75) is 6.92 Å². The molecule has 0 aliphatic rings. The molecule has 4 aromatic rings. The average molecular weight is 431 g/mol. The molecule has 2 aromatic carbocycles. The molecule has 0 unspecified atom stereocenters. The molecule has 0 radical (unpaired) electrons. The van der Waals surface area contributed by atoms with Gasteiger partial charge in [-0.3, -0.25) is 4.79 Å². The Morgan fingerprint density at radius 1 is 1.28 bits per heavy atom. The van der Waals surface area contributed by atoms with Gasteiger partial charge in [0.05, 0.1) is 10.6 Å². The topological polar surface area (TPSA) is 92.4 Å². The minimum Gasteiger partial charge on any atom is -0.478 e. The smallest absolute Gasteiger partial charge is 0.339 e. The number of hydrogen-bond donors (Lipinski definition) is 2. The molecule has 0 saturated carbocycles. The lowest BCUT2D eigenvalue weighted by Gasteiger charge is -2.07. The summed E-state index contributed by atoms with van der Waals surface area (Å²) in [5.74, 6) is -2.87. The molecule has 1 amide bonds. The number of aryl methyl sites for hydroxylation is 1. The van der Waals surface area contributed by atoms with Gasteiger partial charge in [-0.2, -0.15) is 0 Å². The highest BCUT2D eigenvalue weighted by Crippen LogP contribution is 2.39. The number of carboxylic acids is 1. The molecule has 2 heterocycles. The number of benzene rings is 2. The third-order valence-electron chi connectivity index (χ3n) is 4.23. The highest BCUT2D eigenvalue weighted by molar-refractivity contribution is 7.14. The Balaban J connectivity index is 1.73. The van der Waals surface area contributed by atoms with Gasteiger partial charge in [0.2, 0.25) is 0 Å². The van der Waals surface area contributed by atoms with Crippen LogP contribution in [0.25, 0.3) is 21.5 Å². The molecule has 2 N–H and O–H groups in total. The fourth-order valence-electron chi connectivity index (χ4n) is 2.84. The molecule has 0 atom stereocenters. The van der Waals surface area contributed by atoms with Crippen molar-refractivity contribution in [2.24, 2.45) is 0 Å². The third-order valence-corrected chi connectivity index (χ3v) is 5.65. The maximum absolute atomic E-state index is 14.4. The van der Waals surface area contributed by atoms with Crippen molar-refractivity contribution in [3.8, 4) is 10.4 Å². The Labute approximate surface area is 172 Å². The second-order valence-electron chi connectivity index (χ2n) is 6.18. The molecule has 0 fully saturated rings. The fraction of sp³-hybridized carbons (Fsp3) is 0.0500. The number of carbonyl (C=O) groups excluding carboxylic acids is 1. The van der Waals surface area contributed by atoms with E-state index in [0.29, 0.717) is 16.7 Å². The molecule has 0 saturated heterocycles. The number of hydrogen-bond acceptors (Lipinski definition) is 5. The number of anilines is 1.